The molecule has 146 valence electrons. The maximum atomic E-state index is 11.7. The quantitative estimate of drug-likeness (QED) is 0.424. The van der Waals surface area contributed by atoms with Crippen LogP contribution in [0.1, 0.15) is 32.1 Å². The zero-order chi connectivity index (χ0) is 19.5. The van der Waals surface area contributed by atoms with Crippen LogP contribution in [-0.2, 0) is 13.0 Å². The van der Waals surface area contributed by atoms with Gasteiger partial charge in [-0.2, -0.15) is 0 Å². The van der Waals surface area contributed by atoms with Gasteiger partial charge in [0, 0.05) is 31.2 Å². The van der Waals surface area contributed by atoms with Crippen molar-refractivity contribution in [2.24, 2.45) is 4.99 Å². The van der Waals surface area contributed by atoms with Gasteiger partial charge in [-0.05, 0) is 50.6 Å². The molecule has 7 heteroatoms. The van der Waals surface area contributed by atoms with Gasteiger partial charge in [0.15, 0.2) is 5.96 Å². The van der Waals surface area contributed by atoms with Crippen molar-refractivity contribution in [3.8, 4) is 0 Å². The van der Waals surface area contributed by atoms with Gasteiger partial charge in [-0.1, -0.05) is 12.1 Å². The molecule has 2 aromatic rings. The second kappa shape index (κ2) is 10.9. The maximum Gasteiger partial charge on any atom is 0.319 e. The fourth-order valence-electron chi connectivity index (χ4n) is 2.39. The van der Waals surface area contributed by atoms with E-state index >= 15 is 0 Å². The Labute approximate surface area is 160 Å². The van der Waals surface area contributed by atoms with Crippen molar-refractivity contribution < 1.29 is 9.21 Å². The molecule has 0 aliphatic heterocycles. The van der Waals surface area contributed by atoms with Crippen LogP contribution in [0, 0.1) is 0 Å². The van der Waals surface area contributed by atoms with Gasteiger partial charge in [-0.3, -0.25) is 0 Å². The molecule has 2 amide bonds. The van der Waals surface area contributed by atoms with Gasteiger partial charge in [0.05, 0.1) is 12.8 Å². The molecule has 0 unspecified atom stereocenters. The lowest BCUT2D eigenvalue weighted by atomic mass is 10.2. The lowest BCUT2D eigenvalue weighted by Crippen LogP contribution is -2.38. The first-order valence-corrected chi connectivity index (χ1v) is 9.28. The van der Waals surface area contributed by atoms with Crippen LogP contribution >= 0.6 is 0 Å². The van der Waals surface area contributed by atoms with E-state index in [9.17, 15) is 4.79 Å². The minimum atomic E-state index is -0.203. The number of carbonyl (C=O) groups excluding carboxylic acids is 1. The first-order chi connectivity index (χ1) is 13.1. The van der Waals surface area contributed by atoms with Crippen LogP contribution in [0.4, 0.5) is 10.5 Å². The lowest BCUT2D eigenvalue weighted by Gasteiger charge is -2.11. The summed E-state index contributed by atoms with van der Waals surface area (Å²) in [6.45, 7) is 7.96. The highest BCUT2D eigenvalue weighted by atomic mass is 16.3. The zero-order valence-corrected chi connectivity index (χ0v) is 16.2. The van der Waals surface area contributed by atoms with Crippen LogP contribution in [-0.4, -0.2) is 31.1 Å². The molecule has 0 atom stereocenters. The summed E-state index contributed by atoms with van der Waals surface area (Å²) in [4.78, 5) is 16.3. The number of rotatable bonds is 8. The lowest BCUT2D eigenvalue weighted by molar-refractivity contribution is 0.250. The summed E-state index contributed by atoms with van der Waals surface area (Å²) in [5.41, 5.74) is 1.82. The van der Waals surface area contributed by atoms with E-state index in [1.807, 2.05) is 57.2 Å². The summed E-state index contributed by atoms with van der Waals surface area (Å²) in [5, 5.41) is 12.1. The minimum absolute atomic E-state index is 0.100. The van der Waals surface area contributed by atoms with E-state index in [-0.39, 0.29) is 12.1 Å². The molecule has 0 spiro atoms. The van der Waals surface area contributed by atoms with E-state index in [2.05, 4.69) is 26.3 Å². The molecule has 1 heterocycles. The normalized spacial score (nSPS) is 11.3. The van der Waals surface area contributed by atoms with Gasteiger partial charge in [-0.15, -0.1) is 0 Å². The minimum Gasteiger partial charge on any atom is -0.469 e. The average Bonchev–Trinajstić information content (AvgIpc) is 3.13. The number of anilines is 1. The second-order valence-electron chi connectivity index (χ2n) is 6.40. The highest BCUT2D eigenvalue weighted by molar-refractivity contribution is 5.89. The number of furan rings is 1. The summed E-state index contributed by atoms with van der Waals surface area (Å²) in [6, 6.07) is 11.4. The second-order valence-corrected chi connectivity index (χ2v) is 6.40. The molecular formula is C20H29N5O2. The Bertz CT molecular complexity index is 708. The Balaban J connectivity index is 1.84. The van der Waals surface area contributed by atoms with Crippen molar-refractivity contribution >= 4 is 17.7 Å². The summed E-state index contributed by atoms with van der Waals surface area (Å²) < 4.78 is 5.33. The summed E-state index contributed by atoms with van der Waals surface area (Å²) in [5.74, 6) is 1.71. The predicted octanol–water partition coefficient (Wildman–Crippen LogP) is 3.11. The predicted molar refractivity (Wildman–Crippen MR) is 109 cm³/mol. The molecule has 1 aromatic heterocycles. The van der Waals surface area contributed by atoms with Crippen LogP contribution < -0.4 is 21.3 Å². The van der Waals surface area contributed by atoms with E-state index in [1.165, 1.54) is 0 Å². The Morgan fingerprint density at radius 3 is 2.56 bits per heavy atom. The number of guanidine groups is 1. The van der Waals surface area contributed by atoms with Crippen LogP contribution in [0.5, 0.6) is 0 Å². The van der Waals surface area contributed by atoms with Crippen LogP contribution in [0.15, 0.2) is 52.1 Å². The number of amides is 2. The van der Waals surface area contributed by atoms with Crippen LogP contribution in [0.3, 0.4) is 0 Å². The van der Waals surface area contributed by atoms with Gasteiger partial charge >= 0.3 is 6.03 Å². The first-order valence-electron chi connectivity index (χ1n) is 9.28. The molecule has 0 radical (unpaired) electrons. The van der Waals surface area contributed by atoms with Crippen molar-refractivity contribution in [2.75, 3.05) is 18.4 Å². The van der Waals surface area contributed by atoms with Crippen molar-refractivity contribution in [3.63, 3.8) is 0 Å². The highest BCUT2D eigenvalue weighted by Crippen LogP contribution is 2.10. The highest BCUT2D eigenvalue weighted by Gasteiger charge is 2.03. The smallest absolute Gasteiger partial charge is 0.319 e. The standard InChI is InChI=1S/C20H29N5O2/c1-4-21-19(22-12-11-18-6-5-13-27-18)23-14-16-7-9-17(10-8-16)25-20(26)24-15(2)3/h5-10,13,15H,4,11-12,14H2,1-3H3,(H2,21,22,23)(H2,24,25,26). The molecule has 0 aliphatic carbocycles. The molecule has 0 aliphatic rings. The average molecular weight is 371 g/mol. The van der Waals surface area contributed by atoms with Crippen LogP contribution in [0.25, 0.3) is 0 Å². The Morgan fingerprint density at radius 1 is 1.15 bits per heavy atom. The number of hydrogen-bond acceptors (Lipinski definition) is 3. The number of carbonyl (C=O) groups is 1. The third-order valence-corrected chi connectivity index (χ3v) is 3.64. The van der Waals surface area contributed by atoms with Crippen LogP contribution in [0.2, 0.25) is 0 Å². The van der Waals surface area contributed by atoms with Gasteiger partial charge in [0.25, 0.3) is 0 Å². The van der Waals surface area contributed by atoms with Crippen molar-refractivity contribution in [1.29, 1.82) is 0 Å². The number of hydrogen-bond donors (Lipinski definition) is 4. The monoisotopic (exact) mass is 371 g/mol. The van der Waals surface area contributed by atoms with E-state index in [0.29, 0.717) is 6.54 Å². The largest absolute Gasteiger partial charge is 0.469 e. The molecular weight excluding hydrogens is 342 g/mol. The number of aliphatic imine (C=N–C) groups is 1. The molecule has 4 N–H and O–H groups in total. The summed E-state index contributed by atoms with van der Waals surface area (Å²) in [7, 11) is 0. The molecule has 27 heavy (non-hydrogen) atoms. The maximum absolute atomic E-state index is 11.7. The Kier molecular flexibility index (Phi) is 8.22. The van der Waals surface area contributed by atoms with Crippen molar-refractivity contribution in [1.82, 2.24) is 16.0 Å². The number of nitrogens with one attached hydrogen (secondary N) is 4. The zero-order valence-electron chi connectivity index (χ0n) is 16.2. The SMILES string of the molecule is CCNC(=NCc1ccc(NC(=O)NC(C)C)cc1)NCCc1ccco1. The topological polar surface area (TPSA) is 90.7 Å². The molecule has 7 nitrogen and oxygen atoms in total. The van der Waals surface area contributed by atoms with Gasteiger partial charge in [0.1, 0.15) is 5.76 Å². The summed E-state index contributed by atoms with van der Waals surface area (Å²) >= 11 is 0. The first kappa shape index (κ1) is 20.4. The number of nitrogens with zero attached hydrogens (tertiary/aromatic N) is 1. The van der Waals surface area contributed by atoms with Crippen molar-refractivity contribution in [3.05, 3.63) is 54.0 Å². The molecule has 0 saturated carbocycles. The third-order valence-electron chi connectivity index (χ3n) is 3.64. The van der Waals surface area contributed by atoms with Crippen molar-refractivity contribution in [2.45, 2.75) is 39.8 Å². The fourth-order valence-corrected chi connectivity index (χ4v) is 2.39. The number of urea groups is 1. The van der Waals surface area contributed by atoms with E-state index in [1.54, 1.807) is 6.26 Å². The van der Waals surface area contributed by atoms with E-state index in [0.717, 1.165) is 42.5 Å². The molecule has 0 bridgehead atoms. The van der Waals surface area contributed by atoms with Gasteiger partial charge in [-0.25, -0.2) is 9.79 Å². The molecule has 0 saturated heterocycles. The van der Waals surface area contributed by atoms with Gasteiger partial charge in [0.2, 0.25) is 0 Å². The number of benzene rings is 1. The van der Waals surface area contributed by atoms with E-state index < -0.39 is 0 Å². The van der Waals surface area contributed by atoms with Gasteiger partial charge < -0.3 is 25.7 Å². The third kappa shape index (κ3) is 7.85. The Morgan fingerprint density at radius 2 is 1.93 bits per heavy atom. The molecule has 1 aromatic carbocycles. The molecule has 2 rings (SSSR count). The summed E-state index contributed by atoms with van der Waals surface area (Å²) in [6.07, 6.45) is 2.48. The Hall–Kier alpha value is -2.96. The molecule has 0 fully saturated rings. The fraction of sp³-hybridized carbons (Fsp3) is 0.400. The van der Waals surface area contributed by atoms with E-state index in [4.69, 9.17) is 4.42 Å².